The molecule has 2 aromatic heterocycles. The topological polar surface area (TPSA) is 89.0 Å². The Kier molecular flexibility index (Phi) is 6.39. The highest BCUT2D eigenvalue weighted by molar-refractivity contribution is 5.88. The maximum atomic E-state index is 11.3. The molecule has 0 saturated carbocycles. The van der Waals surface area contributed by atoms with Crippen molar-refractivity contribution in [1.29, 1.82) is 0 Å². The number of nitrogens with one attached hydrogen (secondary N) is 2. The van der Waals surface area contributed by atoms with Crippen LogP contribution in [-0.2, 0) is 4.79 Å². The number of benzene rings is 1. The fourth-order valence-electron chi connectivity index (χ4n) is 3.00. The number of nitrogens with zero attached hydrogens (tertiary/aromatic N) is 3. The molecule has 3 aromatic rings. The summed E-state index contributed by atoms with van der Waals surface area (Å²) < 4.78 is 5.52. The van der Waals surface area contributed by atoms with Gasteiger partial charge in [-0.1, -0.05) is 13.0 Å². The first-order valence-corrected chi connectivity index (χ1v) is 9.40. The zero-order valence-electron chi connectivity index (χ0n) is 17.1. The first-order valence-electron chi connectivity index (χ1n) is 9.40. The summed E-state index contributed by atoms with van der Waals surface area (Å²) in [5, 5.41) is 6.14. The van der Waals surface area contributed by atoms with Crippen molar-refractivity contribution in [2.45, 2.75) is 26.7 Å². The minimum atomic E-state index is -0.113. The van der Waals surface area contributed by atoms with Crippen LogP contribution in [0.5, 0.6) is 5.75 Å². The molecule has 0 aliphatic rings. The maximum absolute atomic E-state index is 11.3. The van der Waals surface area contributed by atoms with Gasteiger partial charge in [0, 0.05) is 54.7 Å². The first-order chi connectivity index (χ1) is 14.0. The highest BCUT2D eigenvalue weighted by Crippen LogP contribution is 2.30. The Hall–Kier alpha value is -3.48. The van der Waals surface area contributed by atoms with Crippen LogP contribution in [0.3, 0.4) is 0 Å². The van der Waals surface area contributed by atoms with E-state index >= 15 is 0 Å². The molecule has 2 heterocycles. The zero-order chi connectivity index (χ0) is 20.8. The van der Waals surface area contributed by atoms with E-state index in [1.165, 1.54) is 6.92 Å². The number of amides is 1. The Labute approximate surface area is 170 Å². The number of anilines is 2. The average molecular weight is 391 g/mol. The summed E-state index contributed by atoms with van der Waals surface area (Å²) in [7, 11) is 1.63. The summed E-state index contributed by atoms with van der Waals surface area (Å²) in [4.78, 5) is 24.2. The number of carbonyl (C=O) groups is 1. The Balaban J connectivity index is 1.70. The fraction of sp³-hybridized carbons (Fsp3) is 0.273. The number of ether oxygens (including phenoxy) is 1. The molecule has 0 aliphatic carbocycles. The lowest BCUT2D eigenvalue weighted by Crippen LogP contribution is -2.12. The van der Waals surface area contributed by atoms with E-state index in [1.807, 2.05) is 49.5 Å². The molecule has 0 spiro atoms. The van der Waals surface area contributed by atoms with Gasteiger partial charge in [-0.2, -0.15) is 0 Å². The average Bonchev–Trinajstić information content (AvgIpc) is 2.72. The standard InChI is InChI=1S/C22H25N5O2/c1-14(19-8-7-18(27-16(3)28)9-21(19)29-4)11-24-22-10-20(25-13-26-22)17-6-5-15(2)23-12-17/h5-10,12-14H,11H2,1-4H3,(H,27,28)(H,24,25,26). The van der Waals surface area contributed by atoms with Gasteiger partial charge in [0.25, 0.3) is 0 Å². The lowest BCUT2D eigenvalue weighted by molar-refractivity contribution is -0.114. The van der Waals surface area contributed by atoms with Crippen molar-refractivity contribution in [3.63, 3.8) is 0 Å². The number of aromatic nitrogens is 3. The third kappa shape index (κ3) is 5.28. The summed E-state index contributed by atoms with van der Waals surface area (Å²) >= 11 is 0. The van der Waals surface area contributed by atoms with Gasteiger partial charge in [0.05, 0.1) is 12.8 Å². The number of carbonyl (C=O) groups excluding carboxylic acids is 1. The molecular formula is C22H25N5O2. The second kappa shape index (κ2) is 9.14. The van der Waals surface area contributed by atoms with E-state index in [0.29, 0.717) is 12.2 Å². The van der Waals surface area contributed by atoms with Crippen LogP contribution >= 0.6 is 0 Å². The monoisotopic (exact) mass is 391 g/mol. The summed E-state index contributed by atoms with van der Waals surface area (Å²) in [6.07, 6.45) is 3.36. The first kappa shape index (κ1) is 20.3. The molecule has 1 amide bonds. The van der Waals surface area contributed by atoms with Crippen molar-refractivity contribution in [1.82, 2.24) is 15.0 Å². The third-order valence-electron chi connectivity index (χ3n) is 4.55. The van der Waals surface area contributed by atoms with Crippen LogP contribution in [0.2, 0.25) is 0 Å². The van der Waals surface area contributed by atoms with E-state index in [-0.39, 0.29) is 11.8 Å². The lowest BCUT2D eigenvalue weighted by Gasteiger charge is -2.18. The number of aryl methyl sites for hydroxylation is 1. The Morgan fingerprint density at radius 1 is 1.14 bits per heavy atom. The zero-order valence-corrected chi connectivity index (χ0v) is 17.1. The molecule has 1 unspecified atom stereocenters. The van der Waals surface area contributed by atoms with E-state index < -0.39 is 0 Å². The van der Waals surface area contributed by atoms with Gasteiger partial charge in [0.2, 0.25) is 5.91 Å². The molecule has 0 fully saturated rings. The molecule has 7 nitrogen and oxygen atoms in total. The molecule has 7 heteroatoms. The van der Waals surface area contributed by atoms with Gasteiger partial charge in [-0.3, -0.25) is 9.78 Å². The van der Waals surface area contributed by atoms with Crippen molar-refractivity contribution < 1.29 is 9.53 Å². The van der Waals surface area contributed by atoms with Crippen molar-refractivity contribution in [3.05, 3.63) is 60.2 Å². The number of rotatable bonds is 7. The summed E-state index contributed by atoms with van der Waals surface area (Å²) in [5.41, 5.74) is 4.49. The van der Waals surface area contributed by atoms with E-state index in [0.717, 1.165) is 34.1 Å². The van der Waals surface area contributed by atoms with Crippen LogP contribution in [0.4, 0.5) is 11.5 Å². The van der Waals surface area contributed by atoms with Crippen LogP contribution in [0.25, 0.3) is 11.3 Å². The Bertz CT molecular complexity index is 989. The molecule has 0 aliphatic heterocycles. The van der Waals surface area contributed by atoms with Crippen molar-refractivity contribution in [2.75, 3.05) is 24.3 Å². The summed E-state index contributed by atoms with van der Waals surface area (Å²) in [6, 6.07) is 11.6. The van der Waals surface area contributed by atoms with Gasteiger partial charge in [0.1, 0.15) is 17.9 Å². The number of methoxy groups -OCH3 is 1. The van der Waals surface area contributed by atoms with Gasteiger partial charge < -0.3 is 15.4 Å². The SMILES string of the molecule is COc1cc(NC(C)=O)ccc1C(C)CNc1cc(-c2ccc(C)nc2)ncn1. The van der Waals surface area contributed by atoms with Crippen LogP contribution in [0, 0.1) is 6.92 Å². The molecule has 0 radical (unpaired) electrons. The van der Waals surface area contributed by atoms with E-state index in [4.69, 9.17) is 4.74 Å². The van der Waals surface area contributed by atoms with Crippen LogP contribution in [-0.4, -0.2) is 34.5 Å². The molecule has 1 aromatic carbocycles. The van der Waals surface area contributed by atoms with Gasteiger partial charge in [-0.05, 0) is 30.7 Å². The predicted molar refractivity (Wildman–Crippen MR) is 114 cm³/mol. The molecule has 150 valence electrons. The molecule has 0 bridgehead atoms. The van der Waals surface area contributed by atoms with Gasteiger partial charge in [0.15, 0.2) is 0 Å². The number of pyridine rings is 1. The number of hydrogen-bond donors (Lipinski definition) is 2. The summed E-state index contributed by atoms with van der Waals surface area (Å²) in [6.45, 7) is 6.21. The Morgan fingerprint density at radius 2 is 1.97 bits per heavy atom. The highest BCUT2D eigenvalue weighted by atomic mass is 16.5. The maximum Gasteiger partial charge on any atom is 0.221 e. The minimum Gasteiger partial charge on any atom is -0.496 e. The molecule has 3 rings (SSSR count). The largest absolute Gasteiger partial charge is 0.496 e. The van der Waals surface area contributed by atoms with Crippen LogP contribution in [0.15, 0.2) is 48.9 Å². The molecule has 0 saturated heterocycles. The lowest BCUT2D eigenvalue weighted by atomic mass is 9.99. The normalized spacial score (nSPS) is 11.6. The van der Waals surface area contributed by atoms with E-state index in [1.54, 1.807) is 13.4 Å². The molecule has 29 heavy (non-hydrogen) atoms. The quantitative estimate of drug-likeness (QED) is 0.632. The third-order valence-corrected chi connectivity index (χ3v) is 4.55. The smallest absolute Gasteiger partial charge is 0.221 e. The van der Waals surface area contributed by atoms with Crippen molar-refractivity contribution >= 4 is 17.4 Å². The fourth-order valence-corrected chi connectivity index (χ4v) is 3.00. The van der Waals surface area contributed by atoms with Gasteiger partial charge in [-0.25, -0.2) is 9.97 Å². The minimum absolute atomic E-state index is 0.113. The Morgan fingerprint density at radius 3 is 2.66 bits per heavy atom. The van der Waals surface area contributed by atoms with Crippen molar-refractivity contribution in [2.24, 2.45) is 0 Å². The van der Waals surface area contributed by atoms with E-state index in [2.05, 4.69) is 32.5 Å². The molecular weight excluding hydrogens is 366 g/mol. The van der Waals surface area contributed by atoms with Gasteiger partial charge >= 0.3 is 0 Å². The summed E-state index contributed by atoms with van der Waals surface area (Å²) in [5.74, 6) is 1.53. The van der Waals surface area contributed by atoms with E-state index in [9.17, 15) is 4.79 Å². The van der Waals surface area contributed by atoms with Crippen molar-refractivity contribution in [3.8, 4) is 17.0 Å². The predicted octanol–water partition coefficient (Wildman–Crippen LogP) is 4.03. The second-order valence-electron chi connectivity index (χ2n) is 6.90. The second-order valence-corrected chi connectivity index (χ2v) is 6.90. The van der Waals surface area contributed by atoms with Crippen LogP contribution < -0.4 is 15.4 Å². The molecule has 1 atom stereocenters. The van der Waals surface area contributed by atoms with Gasteiger partial charge in [-0.15, -0.1) is 0 Å². The van der Waals surface area contributed by atoms with Crippen LogP contribution in [0.1, 0.15) is 31.0 Å². The molecule has 2 N–H and O–H groups in total. The highest BCUT2D eigenvalue weighted by Gasteiger charge is 2.13. The number of hydrogen-bond acceptors (Lipinski definition) is 6.